The van der Waals surface area contributed by atoms with E-state index in [0.717, 1.165) is 30.5 Å². The lowest BCUT2D eigenvalue weighted by Gasteiger charge is -2.31. The topological polar surface area (TPSA) is 134 Å². The number of benzene rings is 1. The maximum absolute atomic E-state index is 13.7. The van der Waals surface area contributed by atoms with Crippen LogP contribution in [0.15, 0.2) is 45.5 Å². The van der Waals surface area contributed by atoms with Gasteiger partial charge in [-0.3, -0.25) is 18.7 Å². The van der Waals surface area contributed by atoms with Gasteiger partial charge in [0.2, 0.25) is 11.9 Å². The first-order chi connectivity index (χ1) is 16.7. The van der Waals surface area contributed by atoms with Crippen LogP contribution in [0.2, 0.25) is 0 Å². The molecule has 186 valence electrons. The molecule has 2 aromatic heterocycles. The van der Waals surface area contributed by atoms with Gasteiger partial charge in [0, 0.05) is 44.8 Å². The zero-order valence-electron chi connectivity index (χ0n) is 20.5. The van der Waals surface area contributed by atoms with Crippen LogP contribution in [0.4, 0.5) is 5.95 Å². The molecule has 1 unspecified atom stereocenters. The number of hydrogen-bond donors (Lipinski definition) is 2. The van der Waals surface area contributed by atoms with E-state index in [1.165, 1.54) is 9.13 Å². The lowest BCUT2D eigenvalue weighted by molar-refractivity contribution is 0.100. The molecule has 1 fully saturated rings. The number of aryl methyl sites for hydroxylation is 2. The molecule has 1 aromatic carbocycles. The second-order valence-electron chi connectivity index (χ2n) is 9.43. The van der Waals surface area contributed by atoms with Gasteiger partial charge in [-0.25, -0.2) is 4.79 Å². The Labute approximate surface area is 203 Å². The average Bonchev–Trinajstić information content (AvgIpc) is 3.21. The van der Waals surface area contributed by atoms with Gasteiger partial charge in [-0.1, -0.05) is 23.8 Å². The first-order valence-electron chi connectivity index (χ1n) is 11.9. The molecule has 0 saturated carbocycles. The fourth-order valence-corrected chi connectivity index (χ4v) is 4.51. The lowest BCUT2D eigenvalue weighted by atomic mass is 10.1. The van der Waals surface area contributed by atoms with Gasteiger partial charge in [0.05, 0.1) is 0 Å². The number of imidazole rings is 1. The number of nitrogens with two attached hydrogens (primary N) is 2. The third kappa shape index (κ3) is 4.93. The van der Waals surface area contributed by atoms with E-state index in [4.69, 9.17) is 16.5 Å². The van der Waals surface area contributed by atoms with Crippen LogP contribution in [-0.2, 0) is 26.6 Å². The molecule has 0 spiro atoms. The Morgan fingerprint density at radius 3 is 2.51 bits per heavy atom. The molecule has 10 heteroatoms. The number of allylic oxidation sites excluding steroid dienone is 2. The summed E-state index contributed by atoms with van der Waals surface area (Å²) in [5.41, 5.74) is 14.0. The number of carbonyl (C=O) groups excluding carboxylic acids is 1. The molecule has 4 rings (SSSR count). The summed E-state index contributed by atoms with van der Waals surface area (Å²) in [5.74, 6) is 0.168. The lowest BCUT2D eigenvalue weighted by Crippen LogP contribution is -2.44. The second kappa shape index (κ2) is 9.91. The molecule has 1 aliphatic rings. The smallest absolute Gasteiger partial charge is 0.332 e. The molecule has 3 aromatic rings. The molecule has 0 bridgehead atoms. The third-order valence-corrected chi connectivity index (χ3v) is 6.50. The van der Waals surface area contributed by atoms with Crippen LogP contribution < -0.4 is 27.6 Å². The third-order valence-electron chi connectivity index (χ3n) is 6.50. The Hall–Kier alpha value is -3.66. The predicted molar refractivity (Wildman–Crippen MR) is 137 cm³/mol. The van der Waals surface area contributed by atoms with Crippen molar-refractivity contribution in [3.05, 3.63) is 67.9 Å². The highest BCUT2D eigenvalue weighted by molar-refractivity contribution is 5.92. The minimum atomic E-state index is -0.498. The largest absolute Gasteiger partial charge is 0.366 e. The number of rotatable bonds is 7. The van der Waals surface area contributed by atoms with Crippen molar-refractivity contribution in [1.29, 1.82) is 0 Å². The van der Waals surface area contributed by atoms with Crippen molar-refractivity contribution in [1.82, 2.24) is 18.7 Å². The Morgan fingerprint density at radius 2 is 1.89 bits per heavy atom. The van der Waals surface area contributed by atoms with E-state index in [9.17, 15) is 14.4 Å². The Morgan fingerprint density at radius 1 is 1.17 bits per heavy atom. The van der Waals surface area contributed by atoms with Crippen molar-refractivity contribution >= 4 is 23.0 Å². The van der Waals surface area contributed by atoms with Crippen LogP contribution in [-0.4, -0.2) is 43.7 Å². The number of anilines is 1. The standard InChI is InChI=1S/C25H33N7O3/c1-16(2)10-13-31-20-22(28-24(31)30-12-4-5-19(26)15-30)29(3)25(35)32(23(20)34)14-11-17-6-8-18(9-7-17)21(27)33/h6-10,19H,4-5,11-15,26H2,1-3H3,(H2,27,33). The van der Waals surface area contributed by atoms with Crippen LogP contribution in [0.3, 0.4) is 0 Å². The van der Waals surface area contributed by atoms with Gasteiger partial charge in [0.1, 0.15) is 0 Å². The molecule has 1 amide bonds. The fraction of sp³-hybridized carbons (Fsp3) is 0.440. The number of fused-ring (bicyclic) bond motifs is 1. The van der Waals surface area contributed by atoms with Gasteiger partial charge in [0.15, 0.2) is 11.2 Å². The van der Waals surface area contributed by atoms with Gasteiger partial charge in [-0.05, 0) is 50.8 Å². The zero-order chi connectivity index (χ0) is 25.3. The molecule has 4 N–H and O–H groups in total. The van der Waals surface area contributed by atoms with Crippen LogP contribution in [0.5, 0.6) is 0 Å². The summed E-state index contributed by atoms with van der Waals surface area (Å²) in [4.78, 5) is 45.0. The Kier molecular flexibility index (Phi) is 6.93. The highest BCUT2D eigenvalue weighted by atomic mass is 16.2. The number of piperidine rings is 1. The molecule has 1 atom stereocenters. The Bertz CT molecular complexity index is 1390. The van der Waals surface area contributed by atoms with Crippen LogP contribution >= 0.6 is 0 Å². The molecule has 0 aliphatic carbocycles. The van der Waals surface area contributed by atoms with Crippen molar-refractivity contribution in [2.24, 2.45) is 18.5 Å². The van der Waals surface area contributed by atoms with Crippen LogP contribution in [0, 0.1) is 0 Å². The maximum Gasteiger partial charge on any atom is 0.332 e. The molecule has 1 saturated heterocycles. The number of nitrogens with zero attached hydrogens (tertiary/aromatic N) is 5. The summed E-state index contributed by atoms with van der Waals surface area (Å²) < 4.78 is 4.61. The van der Waals surface area contributed by atoms with Crippen LogP contribution in [0.25, 0.3) is 11.2 Å². The fourth-order valence-electron chi connectivity index (χ4n) is 4.51. The normalized spacial score (nSPS) is 16.0. The monoisotopic (exact) mass is 479 g/mol. The summed E-state index contributed by atoms with van der Waals surface area (Å²) >= 11 is 0. The number of aromatic nitrogens is 4. The predicted octanol–water partition coefficient (Wildman–Crippen LogP) is 1.13. The van der Waals surface area contributed by atoms with E-state index in [2.05, 4.69) is 4.90 Å². The minimum absolute atomic E-state index is 0.0434. The molecule has 1 aliphatic heterocycles. The Balaban J connectivity index is 1.78. The number of carbonyl (C=O) groups is 1. The summed E-state index contributed by atoms with van der Waals surface area (Å²) in [5, 5.41) is 0. The van der Waals surface area contributed by atoms with Crippen molar-refractivity contribution < 1.29 is 4.79 Å². The summed E-state index contributed by atoms with van der Waals surface area (Å²) in [7, 11) is 1.65. The highest BCUT2D eigenvalue weighted by Gasteiger charge is 2.26. The van der Waals surface area contributed by atoms with Crippen molar-refractivity contribution in [3.8, 4) is 0 Å². The van der Waals surface area contributed by atoms with E-state index in [1.54, 1.807) is 31.3 Å². The van der Waals surface area contributed by atoms with Crippen molar-refractivity contribution in [3.63, 3.8) is 0 Å². The molecular weight excluding hydrogens is 446 g/mol. The quantitative estimate of drug-likeness (QED) is 0.488. The zero-order valence-corrected chi connectivity index (χ0v) is 20.5. The summed E-state index contributed by atoms with van der Waals surface area (Å²) in [6, 6.07) is 6.90. The average molecular weight is 480 g/mol. The molecule has 35 heavy (non-hydrogen) atoms. The van der Waals surface area contributed by atoms with Gasteiger partial charge >= 0.3 is 5.69 Å². The van der Waals surface area contributed by atoms with E-state index in [1.807, 2.05) is 24.5 Å². The van der Waals surface area contributed by atoms with E-state index >= 15 is 0 Å². The minimum Gasteiger partial charge on any atom is -0.366 e. The van der Waals surface area contributed by atoms with Gasteiger partial charge in [-0.2, -0.15) is 4.98 Å². The SMILES string of the molecule is CC(C)=CCn1c(N2CCCC(N)C2)nc2c1c(=O)n(CCc1ccc(C(N)=O)cc1)c(=O)n2C. The van der Waals surface area contributed by atoms with Crippen LogP contribution in [0.1, 0.15) is 42.6 Å². The van der Waals surface area contributed by atoms with E-state index in [0.29, 0.717) is 42.2 Å². The van der Waals surface area contributed by atoms with Gasteiger partial charge in [-0.15, -0.1) is 0 Å². The molecular formula is C25H33N7O3. The summed E-state index contributed by atoms with van der Waals surface area (Å²) in [6.45, 7) is 6.15. The summed E-state index contributed by atoms with van der Waals surface area (Å²) in [6.07, 6.45) is 4.40. The van der Waals surface area contributed by atoms with Crippen molar-refractivity contribution in [2.75, 3.05) is 18.0 Å². The number of amides is 1. The molecule has 0 radical (unpaired) electrons. The number of hydrogen-bond acceptors (Lipinski definition) is 6. The first-order valence-corrected chi connectivity index (χ1v) is 11.9. The number of primary amides is 1. The molecule has 10 nitrogen and oxygen atoms in total. The van der Waals surface area contributed by atoms with E-state index < -0.39 is 11.6 Å². The maximum atomic E-state index is 13.7. The second-order valence-corrected chi connectivity index (χ2v) is 9.43. The highest BCUT2D eigenvalue weighted by Crippen LogP contribution is 2.23. The van der Waals surface area contributed by atoms with Gasteiger partial charge in [0.25, 0.3) is 5.56 Å². The van der Waals surface area contributed by atoms with E-state index in [-0.39, 0.29) is 18.1 Å². The first kappa shape index (κ1) is 24.5. The van der Waals surface area contributed by atoms with Crippen molar-refractivity contribution in [2.45, 2.75) is 52.2 Å². The van der Waals surface area contributed by atoms with Gasteiger partial charge < -0.3 is 20.9 Å². The molecule has 3 heterocycles.